The smallest absolute Gasteiger partial charge is 0.314 e. The van der Waals surface area contributed by atoms with Crippen LogP contribution in [0.1, 0.15) is 12.8 Å². The molecule has 0 unspecified atom stereocenters. The maximum absolute atomic E-state index is 11.4. The van der Waals surface area contributed by atoms with Gasteiger partial charge in [0, 0.05) is 90.7 Å². The summed E-state index contributed by atoms with van der Waals surface area (Å²) in [6, 6.07) is 12.0. The Bertz CT molecular complexity index is 1670. The van der Waals surface area contributed by atoms with Crippen molar-refractivity contribution in [1.82, 2.24) is 36.0 Å². The van der Waals surface area contributed by atoms with Gasteiger partial charge in [-0.25, -0.2) is 4.79 Å². The van der Waals surface area contributed by atoms with E-state index in [0.717, 1.165) is 90.3 Å². The molecule has 2 saturated heterocycles. The molecule has 2 aromatic carbocycles. The fourth-order valence-electron chi connectivity index (χ4n) is 5.79. The number of urea groups is 1. The number of carbonyl (C=O) groups is 1. The van der Waals surface area contributed by atoms with Crippen molar-refractivity contribution in [2.45, 2.75) is 18.9 Å². The van der Waals surface area contributed by atoms with E-state index in [0.29, 0.717) is 5.02 Å². The normalized spacial score (nSPS) is 15.8. The summed E-state index contributed by atoms with van der Waals surface area (Å²) in [5, 5.41) is 23.4. The maximum Gasteiger partial charge on any atom is 0.314 e. The lowest BCUT2D eigenvalue weighted by atomic mass is 10.0. The Balaban J connectivity index is 0.000000153. The molecule has 0 radical (unpaired) electrons. The standard InChI is InChI=1S/C16H16ClN5.C14H18ClN5O/c17-12-8-15-14(11-19-20-15)16(9-12)22-6-4-21(5-7-22)13-2-1-3-18-10-13;1-16-14(21)18-10-2-4-20(5-3-10)13-7-9(15)6-12-11(13)8-17-19-12/h1-3,8-11H,4-7H2,(H,19,20);6-8,10H,2-5H2,1H3,(H,17,19)(H2,16,18,21). The summed E-state index contributed by atoms with van der Waals surface area (Å²) in [6.45, 7) is 5.62. The van der Waals surface area contributed by atoms with Gasteiger partial charge in [-0.3, -0.25) is 15.2 Å². The molecule has 4 N–H and O–H groups in total. The Morgan fingerprint density at radius 1 is 0.814 bits per heavy atom. The first kappa shape index (κ1) is 28.9. The van der Waals surface area contributed by atoms with E-state index in [-0.39, 0.29) is 12.1 Å². The van der Waals surface area contributed by atoms with Crippen molar-refractivity contribution in [3.63, 3.8) is 0 Å². The number of H-pyrrole nitrogens is 2. The minimum Gasteiger partial charge on any atom is -0.371 e. The van der Waals surface area contributed by atoms with Gasteiger partial charge in [0.1, 0.15) is 0 Å². The van der Waals surface area contributed by atoms with Gasteiger partial charge in [-0.15, -0.1) is 0 Å². The molecule has 2 amide bonds. The van der Waals surface area contributed by atoms with E-state index >= 15 is 0 Å². The van der Waals surface area contributed by atoms with E-state index in [1.165, 1.54) is 5.69 Å². The molecule has 7 rings (SSSR count). The predicted octanol–water partition coefficient (Wildman–Crippen LogP) is 5.05. The first-order valence-electron chi connectivity index (χ1n) is 14.4. The average molecular weight is 622 g/mol. The van der Waals surface area contributed by atoms with Gasteiger partial charge in [0.05, 0.1) is 35.3 Å². The number of aromatic nitrogens is 5. The van der Waals surface area contributed by atoms with Gasteiger partial charge in [-0.1, -0.05) is 23.2 Å². The van der Waals surface area contributed by atoms with E-state index < -0.39 is 0 Å². The predicted molar refractivity (Wildman–Crippen MR) is 174 cm³/mol. The second-order valence-corrected chi connectivity index (χ2v) is 11.6. The number of nitrogens with one attached hydrogen (secondary N) is 4. The molecule has 0 atom stereocenters. The molecular formula is C30H34Cl2N10O. The van der Waals surface area contributed by atoms with Gasteiger partial charge >= 0.3 is 6.03 Å². The van der Waals surface area contributed by atoms with Crippen LogP contribution in [-0.2, 0) is 0 Å². The molecule has 0 bridgehead atoms. The number of pyridine rings is 1. The van der Waals surface area contributed by atoms with Crippen LogP contribution in [0.2, 0.25) is 10.0 Å². The molecule has 2 aliphatic rings. The summed E-state index contributed by atoms with van der Waals surface area (Å²) in [6.07, 6.45) is 9.26. The second kappa shape index (κ2) is 13.0. The fraction of sp³-hybridized carbons (Fsp3) is 0.333. The van der Waals surface area contributed by atoms with E-state index in [2.05, 4.69) is 56.8 Å². The Hall–Kier alpha value is -4.22. The second-order valence-electron chi connectivity index (χ2n) is 10.7. The van der Waals surface area contributed by atoms with Gasteiger partial charge in [0.25, 0.3) is 0 Å². The summed E-state index contributed by atoms with van der Waals surface area (Å²) in [5.74, 6) is 0. The van der Waals surface area contributed by atoms with Crippen molar-refractivity contribution in [3.8, 4) is 0 Å². The molecule has 11 nitrogen and oxygen atoms in total. The molecule has 2 fully saturated rings. The summed E-state index contributed by atoms with van der Waals surface area (Å²) in [7, 11) is 1.63. The third-order valence-corrected chi connectivity index (χ3v) is 8.47. The van der Waals surface area contributed by atoms with Crippen LogP contribution in [-0.4, -0.2) is 83.8 Å². The number of fused-ring (bicyclic) bond motifs is 2. The lowest BCUT2D eigenvalue weighted by Gasteiger charge is -2.37. The number of halogens is 2. The minimum atomic E-state index is -0.117. The molecule has 13 heteroatoms. The quantitative estimate of drug-likeness (QED) is 0.222. The average Bonchev–Trinajstić information content (AvgIpc) is 3.71. The summed E-state index contributed by atoms with van der Waals surface area (Å²) >= 11 is 12.4. The highest BCUT2D eigenvalue weighted by Crippen LogP contribution is 2.32. The Morgan fingerprint density at radius 2 is 1.37 bits per heavy atom. The number of piperidine rings is 1. The molecular weight excluding hydrogens is 587 g/mol. The number of amides is 2. The lowest BCUT2D eigenvalue weighted by molar-refractivity contribution is 0.236. The lowest BCUT2D eigenvalue weighted by Crippen LogP contribution is -2.47. The molecule has 0 aliphatic carbocycles. The van der Waals surface area contributed by atoms with E-state index in [4.69, 9.17) is 23.2 Å². The highest BCUT2D eigenvalue weighted by molar-refractivity contribution is 6.32. The molecule has 3 aromatic heterocycles. The van der Waals surface area contributed by atoms with Crippen molar-refractivity contribution >= 4 is 68.1 Å². The third-order valence-electron chi connectivity index (χ3n) is 8.03. The van der Waals surface area contributed by atoms with Crippen molar-refractivity contribution in [1.29, 1.82) is 0 Å². The van der Waals surface area contributed by atoms with Crippen LogP contribution in [0.3, 0.4) is 0 Å². The first-order valence-corrected chi connectivity index (χ1v) is 15.1. The number of piperazine rings is 1. The highest BCUT2D eigenvalue weighted by Gasteiger charge is 2.23. The van der Waals surface area contributed by atoms with Crippen LogP contribution in [0, 0.1) is 0 Å². The van der Waals surface area contributed by atoms with Crippen LogP contribution < -0.4 is 25.3 Å². The molecule has 2 aliphatic heterocycles. The van der Waals surface area contributed by atoms with Gasteiger partial charge in [-0.2, -0.15) is 10.2 Å². The molecule has 0 saturated carbocycles. The largest absolute Gasteiger partial charge is 0.371 e. The molecule has 5 heterocycles. The van der Waals surface area contributed by atoms with Gasteiger partial charge in [0.15, 0.2) is 0 Å². The summed E-state index contributed by atoms with van der Waals surface area (Å²) in [5.41, 5.74) is 5.37. The zero-order chi connectivity index (χ0) is 29.8. The SMILES string of the molecule is CNC(=O)NC1CCN(c2cc(Cl)cc3[nH]ncc23)CC1.Clc1cc(N2CCN(c3cccnc3)CC2)c2cn[nH]c2c1. The minimum absolute atomic E-state index is 0.117. The number of rotatable bonds is 4. The Morgan fingerprint density at radius 3 is 1.91 bits per heavy atom. The van der Waals surface area contributed by atoms with E-state index in [9.17, 15) is 4.79 Å². The highest BCUT2D eigenvalue weighted by atomic mass is 35.5. The number of hydrogen-bond donors (Lipinski definition) is 4. The number of hydrogen-bond acceptors (Lipinski definition) is 7. The molecule has 0 spiro atoms. The maximum atomic E-state index is 11.4. The van der Waals surface area contributed by atoms with Gasteiger partial charge in [-0.05, 0) is 49.2 Å². The zero-order valence-electron chi connectivity index (χ0n) is 23.9. The number of nitrogens with zero attached hydrogens (tertiary/aromatic N) is 6. The van der Waals surface area contributed by atoms with Gasteiger partial charge < -0.3 is 25.3 Å². The summed E-state index contributed by atoms with van der Waals surface area (Å²) < 4.78 is 0. The van der Waals surface area contributed by atoms with E-state index in [1.54, 1.807) is 13.2 Å². The monoisotopic (exact) mass is 620 g/mol. The molecule has 5 aromatic rings. The van der Waals surface area contributed by atoms with Crippen molar-refractivity contribution in [2.24, 2.45) is 0 Å². The van der Waals surface area contributed by atoms with Crippen LogP contribution >= 0.6 is 23.2 Å². The van der Waals surface area contributed by atoms with Crippen molar-refractivity contribution < 1.29 is 4.79 Å². The number of aromatic amines is 2. The van der Waals surface area contributed by atoms with Crippen LogP contribution in [0.25, 0.3) is 21.8 Å². The molecule has 224 valence electrons. The van der Waals surface area contributed by atoms with Crippen LogP contribution in [0.15, 0.2) is 61.2 Å². The number of benzene rings is 2. The third kappa shape index (κ3) is 6.57. The summed E-state index contributed by atoms with van der Waals surface area (Å²) in [4.78, 5) is 22.6. The van der Waals surface area contributed by atoms with E-state index in [1.807, 2.05) is 48.9 Å². The van der Waals surface area contributed by atoms with Crippen LogP contribution in [0.5, 0.6) is 0 Å². The Labute approximate surface area is 259 Å². The van der Waals surface area contributed by atoms with Gasteiger partial charge in [0.2, 0.25) is 0 Å². The molecule has 43 heavy (non-hydrogen) atoms. The fourth-order valence-corrected chi connectivity index (χ4v) is 6.21. The topological polar surface area (TPSA) is 121 Å². The van der Waals surface area contributed by atoms with Crippen molar-refractivity contribution in [2.75, 3.05) is 61.0 Å². The van der Waals surface area contributed by atoms with Crippen LogP contribution in [0.4, 0.5) is 21.9 Å². The Kier molecular flexibility index (Phi) is 8.71. The van der Waals surface area contributed by atoms with Crippen molar-refractivity contribution in [3.05, 3.63) is 71.2 Å². The number of carbonyl (C=O) groups excluding carboxylic acids is 1. The number of anilines is 3. The first-order chi connectivity index (χ1) is 21.0. The zero-order valence-corrected chi connectivity index (χ0v) is 25.4.